The van der Waals surface area contributed by atoms with Gasteiger partial charge in [0, 0.05) is 18.5 Å². The van der Waals surface area contributed by atoms with E-state index < -0.39 is 5.60 Å². The summed E-state index contributed by atoms with van der Waals surface area (Å²) in [5.74, 6) is 0.861. The monoisotopic (exact) mass is 391 g/mol. The normalized spacial score (nSPS) is 26.9. The number of ether oxygens (including phenoxy) is 1. The molecule has 4 nitrogen and oxygen atoms in total. The molecule has 0 spiro atoms. The van der Waals surface area contributed by atoms with Crippen LogP contribution in [0.5, 0.6) is 5.75 Å². The zero-order chi connectivity index (χ0) is 20.3. The molecule has 4 rings (SSSR count). The molecule has 1 heterocycles. The van der Waals surface area contributed by atoms with Crippen molar-refractivity contribution in [2.45, 2.75) is 43.7 Å². The van der Waals surface area contributed by atoms with Crippen LogP contribution in [0.3, 0.4) is 0 Å². The molecule has 4 heteroatoms. The van der Waals surface area contributed by atoms with Crippen LogP contribution in [0.15, 0.2) is 60.7 Å². The number of rotatable bonds is 4. The summed E-state index contributed by atoms with van der Waals surface area (Å²) >= 11 is 0. The largest absolute Gasteiger partial charge is 0.497 e. The molecule has 152 valence electrons. The van der Waals surface area contributed by atoms with E-state index in [0.717, 1.165) is 42.6 Å². The van der Waals surface area contributed by atoms with Crippen molar-refractivity contribution in [1.29, 1.82) is 0 Å². The molecule has 0 aromatic heterocycles. The van der Waals surface area contributed by atoms with E-state index in [1.807, 2.05) is 65.6 Å². The second-order valence-electron chi connectivity index (χ2n) is 8.20. The molecule has 29 heavy (non-hydrogen) atoms. The van der Waals surface area contributed by atoms with Gasteiger partial charge in [-0.3, -0.25) is 4.79 Å². The smallest absolute Gasteiger partial charge is 0.247 e. The van der Waals surface area contributed by atoms with Gasteiger partial charge in [-0.15, -0.1) is 0 Å². The Hall–Kier alpha value is -2.59. The molecule has 2 aliphatic rings. The molecule has 1 aliphatic heterocycles. The summed E-state index contributed by atoms with van der Waals surface area (Å²) in [5.41, 5.74) is 1.40. The van der Waals surface area contributed by atoms with E-state index in [-0.39, 0.29) is 17.9 Å². The third-order valence-electron chi connectivity index (χ3n) is 6.53. The highest BCUT2D eigenvalue weighted by Crippen LogP contribution is 2.49. The summed E-state index contributed by atoms with van der Waals surface area (Å²) in [6, 6.07) is 17.7. The third kappa shape index (κ3) is 4.08. The van der Waals surface area contributed by atoms with Crippen molar-refractivity contribution < 1.29 is 14.6 Å². The minimum Gasteiger partial charge on any atom is -0.497 e. The Morgan fingerprint density at radius 2 is 1.86 bits per heavy atom. The van der Waals surface area contributed by atoms with Crippen LogP contribution in [0.4, 0.5) is 0 Å². The van der Waals surface area contributed by atoms with Gasteiger partial charge in [0.25, 0.3) is 0 Å². The molecule has 1 saturated heterocycles. The van der Waals surface area contributed by atoms with E-state index in [9.17, 15) is 9.90 Å². The summed E-state index contributed by atoms with van der Waals surface area (Å²) in [5, 5.41) is 11.4. The fourth-order valence-electron chi connectivity index (χ4n) is 4.97. The topological polar surface area (TPSA) is 49.8 Å². The van der Waals surface area contributed by atoms with Crippen LogP contribution in [0.2, 0.25) is 0 Å². The average Bonchev–Trinajstić information content (AvgIpc) is 2.77. The quantitative estimate of drug-likeness (QED) is 0.775. The van der Waals surface area contributed by atoms with Crippen LogP contribution >= 0.6 is 0 Å². The summed E-state index contributed by atoms with van der Waals surface area (Å²) in [6.45, 7) is 0.571. The van der Waals surface area contributed by atoms with Crippen molar-refractivity contribution in [3.05, 3.63) is 71.8 Å². The van der Waals surface area contributed by atoms with Gasteiger partial charge in [-0.2, -0.15) is 0 Å². The molecule has 2 aromatic carbocycles. The molecular formula is C25H29NO3. The van der Waals surface area contributed by atoms with E-state index in [2.05, 4.69) is 0 Å². The van der Waals surface area contributed by atoms with Gasteiger partial charge in [0.15, 0.2) is 0 Å². The third-order valence-corrected chi connectivity index (χ3v) is 6.53. The Morgan fingerprint density at radius 3 is 2.59 bits per heavy atom. The van der Waals surface area contributed by atoms with Gasteiger partial charge in [0.05, 0.1) is 18.8 Å². The summed E-state index contributed by atoms with van der Waals surface area (Å²) in [6.07, 6.45) is 8.11. The number of aliphatic hydroxyl groups is 1. The van der Waals surface area contributed by atoms with Gasteiger partial charge >= 0.3 is 0 Å². The maximum atomic E-state index is 13.2. The van der Waals surface area contributed by atoms with Gasteiger partial charge in [-0.25, -0.2) is 0 Å². The maximum absolute atomic E-state index is 13.2. The number of carbonyl (C=O) groups excluding carboxylic acids is 1. The predicted octanol–water partition coefficient (Wildman–Crippen LogP) is 4.60. The molecule has 2 fully saturated rings. The Balaban J connectivity index is 1.65. The lowest BCUT2D eigenvalue weighted by atomic mass is 9.66. The van der Waals surface area contributed by atoms with Crippen molar-refractivity contribution >= 4 is 12.0 Å². The molecule has 1 saturated carbocycles. The average molecular weight is 392 g/mol. The van der Waals surface area contributed by atoms with E-state index in [0.29, 0.717) is 13.0 Å². The second kappa shape index (κ2) is 8.42. The number of hydrogen-bond acceptors (Lipinski definition) is 3. The van der Waals surface area contributed by atoms with Crippen molar-refractivity contribution in [1.82, 2.24) is 4.90 Å². The minimum atomic E-state index is -0.678. The highest BCUT2D eigenvalue weighted by Gasteiger charge is 2.49. The van der Waals surface area contributed by atoms with Gasteiger partial charge in [0.2, 0.25) is 5.91 Å². The maximum Gasteiger partial charge on any atom is 0.247 e. The first-order valence-electron chi connectivity index (χ1n) is 10.5. The molecule has 0 bridgehead atoms. The molecule has 0 unspecified atom stereocenters. The number of benzene rings is 2. The van der Waals surface area contributed by atoms with Crippen molar-refractivity contribution in [2.24, 2.45) is 5.92 Å². The second-order valence-corrected chi connectivity index (χ2v) is 8.20. The summed E-state index contributed by atoms with van der Waals surface area (Å²) in [4.78, 5) is 15.1. The predicted molar refractivity (Wildman–Crippen MR) is 114 cm³/mol. The van der Waals surface area contributed by atoms with Crippen molar-refractivity contribution in [2.75, 3.05) is 13.7 Å². The lowest BCUT2D eigenvalue weighted by Crippen LogP contribution is -2.56. The number of hydrogen-bond donors (Lipinski definition) is 1. The zero-order valence-corrected chi connectivity index (χ0v) is 17.0. The van der Waals surface area contributed by atoms with E-state index >= 15 is 0 Å². The Morgan fingerprint density at radius 1 is 1.10 bits per heavy atom. The standard InChI is InChI=1S/C25H29NO3/c1-29-21-13-11-20(12-14-21)24-22-9-5-6-16-25(22,28)17-18-26(24)23(27)15-10-19-7-3-2-4-8-19/h2-4,7-8,10-15,22,24,28H,5-6,9,16-18H2,1H3/b15-10+/t22-,24-,25+/m0/s1. The highest BCUT2D eigenvalue weighted by molar-refractivity contribution is 5.92. The number of likely N-dealkylation sites (tertiary alicyclic amines) is 1. The van der Waals surface area contributed by atoms with Gasteiger partial charge in [-0.1, -0.05) is 55.3 Å². The summed E-state index contributed by atoms with van der Waals surface area (Å²) < 4.78 is 5.30. The van der Waals surface area contributed by atoms with Crippen LogP contribution in [-0.2, 0) is 4.79 Å². The molecule has 1 N–H and O–H groups in total. The molecule has 1 aliphatic carbocycles. The number of amides is 1. The number of carbonyl (C=O) groups is 1. The first kappa shape index (κ1) is 19.7. The number of fused-ring (bicyclic) bond motifs is 1. The number of methoxy groups -OCH3 is 1. The van der Waals surface area contributed by atoms with Crippen molar-refractivity contribution in [3.63, 3.8) is 0 Å². The highest BCUT2D eigenvalue weighted by atomic mass is 16.5. The van der Waals surface area contributed by atoms with Gasteiger partial charge < -0.3 is 14.7 Å². The van der Waals surface area contributed by atoms with Crippen LogP contribution in [0, 0.1) is 5.92 Å². The molecule has 1 amide bonds. The lowest BCUT2D eigenvalue weighted by Gasteiger charge is -2.52. The molecule has 0 radical (unpaired) electrons. The minimum absolute atomic E-state index is 0.00212. The zero-order valence-electron chi connectivity index (χ0n) is 17.0. The van der Waals surface area contributed by atoms with E-state index in [1.165, 1.54) is 0 Å². The Kier molecular flexibility index (Phi) is 5.72. The lowest BCUT2D eigenvalue weighted by molar-refractivity contribution is -0.150. The van der Waals surface area contributed by atoms with Gasteiger partial charge in [0.1, 0.15) is 5.75 Å². The number of nitrogens with zero attached hydrogens (tertiary/aromatic N) is 1. The van der Waals surface area contributed by atoms with Gasteiger partial charge in [-0.05, 0) is 48.6 Å². The fourth-order valence-corrected chi connectivity index (χ4v) is 4.97. The first-order valence-corrected chi connectivity index (χ1v) is 10.5. The van der Waals surface area contributed by atoms with E-state index in [4.69, 9.17) is 4.74 Å². The van der Waals surface area contributed by atoms with E-state index in [1.54, 1.807) is 13.2 Å². The molecule has 3 atom stereocenters. The summed E-state index contributed by atoms with van der Waals surface area (Å²) in [7, 11) is 1.65. The van der Waals surface area contributed by atoms with Crippen molar-refractivity contribution in [3.8, 4) is 5.75 Å². The van der Waals surface area contributed by atoms with Crippen LogP contribution in [0.25, 0.3) is 6.08 Å². The molecular weight excluding hydrogens is 362 g/mol. The van der Waals surface area contributed by atoms with Crippen LogP contribution < -0.4 is 4.74 Å². The Bertz CT molecular complexity index is 861. The SMILES string of the molecule is COc1ccc([C@H]2[C@@H]3CCCC[C@@]3(O)CCN2C(=O)/C=C/c2ccccc2)cc1. The molecule has 2 aromatic rings. The fraction of sp³-hybridized carbons (Fsp3) is 0.400. The first-order chi connectivity index (χ1) is 14.1. The van der Waals surface area contributed by atoms with Crippen LogP contribution in [-0.4, -0.2) is 35.2 Å². The number of piperidine rings is 1. The Labute approximate surface area is 172 Å². The van der Waals surface area contributed by atoms with Crippen LogP contribution in [0.1, 0.15) is 49.3 Å².